The average molecular weight is 352 g/mol. The van der Waals surface area contributed by atoms with Crippen LogP contribution in [0.2, 0.25) is 0 Å². The maximum absolute atomic E-state index is 12.5. The third kappa shape index (κ3) is 3.33. The van der Waals surface area contributed by atoms with E-state index in [2.05, 4.69) is 20.4 Å². The number of carbonyl (C=O) groups excluding carboxylic acids is 1. The van der Waals surface area contributed by atoms with Crippen molar-refractivity contribution in [2.75, 3.05) is 18.0 Å². The Morgan fingerprint density at radius 1 is 1.27 bits per heavy atom. The van der Waals surface area contributed by atoms with Gasteiger partial charge in [-0.1, -0.05) is 18.2 Å². The number of hydrogen-bond acceptors (Lipinski definition) is 5. The quantitative estimate of drug-likeness (QED) is 0.752. The number of H-pyrrole nitrogens is 1. The van der Waals surface area contributed by atoms with E-state index in [0.717, 1.165) is 37.0 Å². The van der Waals surface area contributed by atoms with Crippen molar-refractivity contribution in [2.45, 2.75) is 25.3 Å². The molecular weight excluding hydrogens is 332 g/mol. The Morgan fingerprint density at radius 2 is 2.15 bits per heavy atom. The van der Waals surface area contributed by atoms with Crippen LogP contribution >= 0.6 is 0 Å². The van der Waals surface area contributed by atoms with Crippen LogP contribution in [0.5, 0.6) is 0 Å². The van der Waals surface area contributed by atoms with E-state index >= 15 is 0 Å². The lowest BCUT2D eigenvalue weighted by molar-refractivity contribution is 0.0924. The van der Waals surface area contributed by atoms with E-state index in [0.29, 0.717) is 17.9 Å². The van der Waals surface area contributed by atoms with E-state index in [9.17, 15) is 9.59 Å². The molecule has 1 atom stereocenters. The fourth-order valence-corrected chi connectivity index (χ4v) is 3.40. The van der Waals surface area contributed by atoms with E-state index in [1.54, 1.807) is 12.1 Å². The molecule has 1 fully saturated rings. The van der Waals surface area contributed by atoms with Gasteiger partial charge in [-0.2, -0.15) is 5.10 Å². The third-order valence-corrected chi connectivity index (χ3v) is 4.73. The first-order valence-electron chi connectivity index (χ1n) is 8.80. The zero-order valence-corrected chi connectivity index (χ0v) is 14.3. The first kappa shape index (κ1) is 16.4. The molecule has 2 N–H and O–H groups in total. The van der Waals surface area contributed by atoms with Gasteiger partial charge in [-0.3, -0.25) is 9.59 Å². The highest BCUT2D eigenvalue weighted by atomic mass is 16.3. The van der Waals surface area contributed by atoms with Crippen molar-refractivity contribution in [3.8, 4) is 0 Å². The number of amides is 1. The molecular formula is C19H20N4O3. The Hall–Kier alpha value is -3.09. The van der Waals surface area contributed by atoms with Gasteiger partial charge in [0.15, 0.2) is 5.76 Å². The third-order valence-electron chi connectivity index (χ3n) is 4.73. The number of hydrogen-bond donors (Lipinski definition) is 2. The van der Waals surface area contributed by atoms with Crippen LogP contribution in [0, 0.1) is 0 Å². The standard InChI is InChI=1S/C19H20N4O3/c24-18-9-8-17(21-22-18)23-10-4-3-6-14(23)12-20-19(25)16-11-13-5-1-2-7-15(13)26-16/h1-2,5,7-9,11,14H,3-4,6,10,12H2,(H,20,25)(H,22,24). The molecule has 0 saturated carbocycles. The van der Waals surface area contributed by atoms with E-state index in [1.807, 2.05) is 24.3 Å². The number of aromatic nitrogens is 2. The highest BCUT2D eigenvalue weighted by Crippen LogP contribution is 2.22. The molecule has 1 aliphatic heterocycles. The number of para-hydroxylation sites is 1. The Bertz CT molecular complexity index is 925. The maximum atomic E-state index is 12.5. The molecule has 0 aliphatic carbocycles. The van der Waals surface area contributed by atoms with Gasteiger partial charge in [-0.25, -0.2) is 5.10 Å². The second-order valence-corrected chi connectivity index (χ2v) is 6.48. The summed E-state index contributed by atoms with van der Waals surface area (Å²) in [5, 5.41) is 10.5. The Kier molecular flexibility index (Phi) is 4.43. The number of piperidine rings is 1. The molecule has 3 aromatic rings. The number of anilines is 1. The van der Waals surface area contributed by atoms with Gasteiger partial charge in [0.05, 0.1) is 0 Å². The predicted octanol–water partition coefficient (Wildman–Crippen LogP) is 2.30. The number of benzene rings is 1. The number of aromatic amines is 1. The molecule has 1 aliphatic rings. The molecule has 2 aromatic heterocycles. The van der Waals surface area contributed by atoms with Crippen molar-refractivity contribution >= 4 is 22.7 Å². The molecule has 1 aromatic carbocycles. The van der Waals surface area contributed by atoms with Crippen molar-refractivity contribution in [1.82, 2.24) is 15.5 Å². The number of furan rings is 1. The lowest BCUT2D eigenvalue weighted by Gasteiger charge is -2.36. The van der Waals surface area contributed by atoms with Gasteiger partial charge in [0.1, 0.15) is 11.4 Å². The van der Waals surface area contributed by atoms with Gasteiger partial charge in [-0.15, -0.1) is 0 Å². The first-order chi connectivity index (χ1) is 12.7. The summed E-state index contributed by atoms with van der Waals surface area (Å²) in [6, 6.07) is 12.6. The van der Waals surface area contributed by atoms with Crippen molar-refractivity contribution < 1.29 is 9.21 Å². The Labute approximate surface area is 150 Å². The molecule has 4 rings (SSSR count). The maximum Gasteiger partial charge on any atom is 0.287 e. The van der Waals surface area contributed by atoms with Crippen LogP contribution in [0.1, 0.15) is 29.8 Å². The van der Waals surface area contributed by atoms with Gasteiger partial charge >= 0.3 is 0 Å². The molecule has 0 spiro atoms. The molecule has 3 heterocycles. The van der Waals surface area contributed by atoms with Crippen LogP contribution in [0.15, 0.2) is 51.7 Å². The van der Waals surface area contributed by atoms with E-state index in [4.69, 9.17) is 4.42 Å². The summed E-state index contributed by atoms with van der Waals surface area (Å²) in [4.78, 5) is 25.8. The van der Waals surface area contributed by atoms with E-state index < -0.39 is 0 Å². The van der Waals surface area contributed by atoms with Gasteiger partial charge in [0, 0.05) is 30.6 Å². The van der Waals surface area contributed by atoms with Gasteiger partial charge < -0.3 is 14.6 Å². The second kappa shape index (κ2) is 7.03. The number of rotatable bonds is 4. The summed E-state index contributed by atoms with van der Waals surface area (Å²) in [5.41, 5.74) is 0.481. The van der Waals surface area contributed by atoms with Crippen molar-refractivity contribution in [1.29, 1.82) is 0 Å². The Balaban J connectivity index is 1.45. The van der Waals surface area contributed by atoms with Crippen LogP contribution in [0.25, 0.3) is 11.0 Å². The minimum Gasteiger partial charge on any atom is -0.451 e. The first-order valence-corrected chi connectivity index (χ1v) is 8.80. The topological polar surface area (TPSA) is 91.2 Å². The molecule has 26 heavy (non-hydrogen) atoms. The number of nitrogens with one attached hydrogen (secondary N) is 2. The Morgan fingerprint density at radius 3 is 2.96 bits per heavy atom. The fourth-order valence-electron chi connectivity index (χ4n) is 3.40. The summed E-state index contributed by atoms with van der Waals surface area (Å²) in [5.74, 6) is 0.823. The summed E-state index contributed by atoms with van der Waals surface area (Å²) < 4.78 is 5.62. The normalized spacial score (nSPS) is 17.4. The number of fused-ring (bicyclic) bond motifs is 1. The van der Waals surface area contributed by atoms with Crippen LogP contribution in [-0.2, 0) is 0 Å². The molecule has 1 unspecified atom stereocenters. The van der Waals surface area contributed by atoms with Crippen LogP contribution in [-0.4, -0.2) is 35.2 Å². The van der Waals surface area contributed by atoms with E-state index in [1.165, 1.54) is 6.07 Å². The molecule has 0 bridgehead atoms. The lowest BCUT2D eigenvalue weighted by atomic mass is 10.0. The highest BCUT2D eigenvalue weighted by Gasteiger charge is 2.25. The molecule has 1 saturated heterocycles. The minimum absolute atomic E-state index is 0.135. The van der Waals surface area contributed by atoms with Crippen molar-refractivity contribution in [3.63, 3.8) is 0 Å². The molecule has 1 amide bonds. The zero-order chi connectivity index (χ0) is 17.9. The van der Waals surface area contributed by atoms with E-state index in [-0.39, 0.29) is 17.5 Å². The van der Waals surface area contributed by atoms with Crippen molar-refractivity contribution in [2.24, 2.45) is 0 Å². The zero-order valence-electron chi connectivity index (χ0n) is 14.3. The fraction of sp³-hybridized carbons (Fsp3) is 0.316. The predicted molar refractivity (Wildman–Crippen MR) is 98.4 cm³/mol. The SMILES string of the molecule is O=C(NCC1CCCCN1c1ccc(=O)[nH]n1)c1cc2ccccc2o1. The van der Waals surface area contributed by atoms with Crippen molar-refractivity contribution in [3.05, 3.63) is 58.6 Å². The van der Waals surface area contributed by atoms with Gasteiger partial charge in [-0.05, 0) is 37.5 Å². The number of nitrogens with zero attached hydrogens (tertiary/aromatic N) is 2. The molecule has 134 valence electrons. The van der Waals surface area contributed by atoms with Crippen LogP contribution in [0.4, 0.5) is 5.82 Å². The average Bonchev–Trinajstić information content (AvgIpc) is 3.11. The summed E-state index contributed by atoms with van der Waals surface area (Å²) in [6.07, 6.45) is 3.13. The minimum atomic E-state index is -0.222. The summed E-state index contributed by atoms with van der Waals surface area (Å²) in [7, 11) is 0. The summed E-state index contributed by atoms with van der Waals surface area (Å²) >= 11 is 0. The van der Waals surface area contributed by atoms with Crippen LogP contribution < -0.4 is 15.8 Å². The molecule has 7 nitrogen and oxygen atoms in total. The molecule has 0 radical (unpaired) electrons. The highest BCUT2D eigenvalue weighted by molar-refractivity contribution is 5.96. The summed E-state index contributed by atoms with van der Waals surface area (Å²) in [6.45, 7) is 1.35. The van der Waals surface area contributed by atoms with Crippen LogP contribution in [0.3, 0.4) is 0 Å². The largest absolute Gasteiger partial charge is 0.451 e. The monoisotopic (exact) mass is 352 g/mol. The number of carbonyl (C=O) groups is 1. The lowest BCUT2D eigenvalue weighted by Crippen LogP contribution is -2.47. The smallest absolute Gasteiger partial charge is 0.287 e. The van der Waals surface area contributed by atoms with Gasteiger partial charge in [0.25, 0.3) is 11.5 Å². The molecule has 7 heteroatoms. The second-order valence-electron chi connectivity index (χ2n) is 6.48. The van der Waals surface area contributed by atoms with Gasteiger partial charge in [0.2, 0.25) is 0 Å².